The van der Waals surface area contributed by atoms with Crippen LogP contribution in [0.3, 0.4) is 0 Å². The number of carbonyl (C=O) groups excluding carboxylic acids is 2. The first-order valence-corrected chi connectivity index (χ1v) is 5.66. The number of nitrogens with zero attached hydrogens (tertiary/aromatic N) is 3. The minimum absolute atomic E-state index is 0.0177. The van der Waals surface area contributed by atoms with E-state index in [1.54, 1.807) is 7.05 Å². The zero-order valence-electron chi connectivity index (χ0n) is 9.53. The molecule has 1 aromatic rings. The Labute approximate surface area is 108 Å². The second-order valence-electron chi connectivity index (χ2n) is 3.65. The SMILES string of the molecule is CNc1nc(Cl)nc(NC2CCC(=O)NC2=O)n1. The molecule has 1 aliphatic rings. The standard InChI is InChI=1S/C9H11ClN6O2/c1-11-8-14-7(10)15-9(16-8)12-4-2-3-5(17)13-6(4)18/h4H,2-3H2,1H3,(H,13,17,18)(H2,11,12,14,15,16). The van der Waals surface area contributed by atoms with Crippen LogP contribution in [-0.4, -0.2) is 39.9 Å². The van der Waals surface area contributed by atoms with Gasteiger partial charge in [0, 0.05) is 13.5 Å². The van der Waals surface area contributed by atoms with Crippen LogP contribution in [0.5, 0.6) is 0 Å². The Bertz CT molecular complexity index is 494. The molecule has 1 aliphatic heterocycles. The highest BCUT2D eigenvalue weighted by Crippen LogP contribution is 2.13. The molecule has 1 atom stereocenters. The molecule has 1 fully saturated rings. The lowest BCUT2D eigenvalue weighted by molar-refractivity contribution is -0.133. The van der Waals surface area contributed by atoms with Gasteiger partial charge in [0.05, 0.1) is 0 Å². The predicted octanol–water partition coefficient (Wildman–Crippen LogP) is -0.216. The van der Waals surface area contributed by atoms with E-state index in [1.165, 1.54) is 0 Å². The monoisotopic (exact) mass is 270 g/mol. The van der Waals surface area contributed by atoms with Crippen LogP contribution in [0.25, 0.3) is 0 Å². The third-order valence-electron chi connectivity index (χ3n) is 2.37. The summed E-state index contributed by atoms with van der Waals surface area (Å²) in [5, 5.41) is 7.79. The Hall–Kier alpha value is -1.96. The minimum Gasteiger partial charge on any atom is -0.357 e. The van der Waals surface area contributed by atoms with E-state index in [-0.39, 0.29) is 23.6 Å². The van der Waals surface area contributed by atoms with Crippen LogP contribution in [0.4, 0.5) is 11.9 Å². The van der Waals surface area contributed by atoms with Crippen molar-refractivity contribution in [3.05, 3.63) is 5.28 Å². The van der Waals surface area contributed by atoms with E-state index >= 15 is 0 Å². The van der Waals surface area contributed by atoms with Crippen molar-refractivity contribution >= 4 is 35.3 Å². The van der Waals surface area contributed by atoms with Gasteiger partial charge in [0.25, 0.3) is 0 Å². The maximum absolute atomic E-state index is 11.5. The Morgan fingerprint density at radius 3 is 2.67 bits per heavy atom. The van der Waals surface area contributed by atoms with E-state index in [2.05, 4.69) is 30.9 Å². The largest absolute Gasteiger partial charge is 0.357 e. The molecule has 8 nitrogen and oxygen atoms in total. The molecule has 18 heavy (non-hydrogen) atoms. The average molecular weight is 271 g/mol. The van der Waals surface area contributed by atoms with Gasteiger partial charge in [-0.3, -0.25) is 14.9 Å². The van der Waals surface area contributed by atoms with Crippen molar-refractivity contribution in [1.82, 2.24) is 20.3 Å². The summed E-state index contributed by atoms with van der Waals surface area (Å²) in [4.78, 5) is 34.2. The zero-order valence-corrected chi connectivity index (χ0v) is 10.3. The van der Waals surface area contributed by atoms with Gasteiger partial charge in [-0.1, -0.05) is 0 Å². The van der Waals surface area contributed by atoms with Gasteiger partial charge in [-0.05, 0) is 18.0 Å². The third kappa shape index (κ3) is 2.83. The minimum atomic E-state index is -0.550. The van der Waals surface area contributed by atoms with Crippen molar-refractivity contribution in [2.24, 2.45) is 0 Å². The van der Waals surface area contributed by atoms with E-state index in [0.29, 0.717) is 12.4 Å². The molecule has 0 radical (unpaired) electrons. The van der Waals surface area contributed by atoms with Crippen molar-refractivity contribution in [2.75, 3.05) is 17.7 Å². The second-order valence-corrected chi connectivity index (χ2v) is 3.99. The molecule has 96 valence electrons. The van der Waals surface area contributed by atoms with Gasteiger partial charge in [-0.15, -0.1) is 0 Å². The Morgan fingerprint density at radius 2 is 2.00 bits per heavy atom. The van der Waals surface area contributed by atoms with Crippen molar-refractivity contribution < 1.29 is 9.59 Å². The summed E-state index contributed by atoms with van der Waals surface area (Å²) in [6, 6.07) is -0.550. The number of aromatic nitrogens is 3. The highest BCUT2D eigenvalue weighted by molar-refractivity contribution is 6.28. The van der Waals surface area contributed by atoms with E-state index in [4.69, 9.17) is 11.6 Å². The fourth-order valence-electron chi connectivity index (χ4n) is 1.51. The van der Waals surface area contributed by atoms with Crippen LogP contribution in [0, 0.1) is 0 Å². The van der Waals surface area contributed by atoms with Crippen molar-refractivity contribution in [3.8, 4) is 0 Å². The molecule has 1 unspecified atom stereocenters. The lowest BCUT2D eigenvalue weighted by Crippen LogP contribution is -2.47. The van der Waals surface area contributed by atoms with E-state index in [9.17, 15) is 9.59 Å². The lowest BCUT2D eigenvalue weighted by atomic mass is 10.1. The zero-order chi connectivity index (χ0) is 13.1. The van der Waals surface area contributed by atoms with Gasteiger partial charge in [0.2, 0.25) is 29.0 Å². The molecule has 9 heteroatoms. The van der Waals surface area contributed by atoms with E-state index < -0.39 is 11.9 Å². The molecule has 2 heterocycles. The highest BCUT2D eigenvalue weighted by Gasteiger charge is 2.27. The number of anilines is 2. The number of imide groups is 1. The van der Waals surface area contributed by atoms with Gasteiger partial charge < -0.3 is 10.6 Å². The predicted molar refractivity (Wildman–Crippen MR) is 64.2 cm³/mol. The first-order valence-electron chi connectivity index (χ1n) is 5.28. The smallest absolute Gasteiger partial charge is 0.249 e. The number of nitrogens with one attached hydrogen (secondary N) is 3. The number of carbonyl (C=O) groups is 2. The normalized spacial score (nSPS) is 19.3. The number of hydrogen-bond donors (Lipinski definition) is 3. The molecular formula is C9H11ClN6O2. The fraction of sp³-hybridized carbons (Fsp3) is 0.444. The van der Waals surface area contributed by atoms with E-state index in [1.807, 2.05) is 0 Å². The molecule has 2 rings (SSSR count). The summed E-state index contributed by atoms with van der Waals surface area (Å²) in [5.41, 5.74) is 0. The van der Waals surface area contributed by atoms with Crippen molar-refractivity contribution in [1.29, 1.82) is 0 Å². The number of hydrogen-bond acceptors (Lipinski definition) is 7. The molecule has 0 aliphatic carbocycles. The van der Waals surface area contributed by atoms with E-state index in [0.717, 1.165) is 0 Å². The molecule has 1 saturated heterocycles. The second kappa shape index (κ2) is 5.13. The van der Waals surface area contributed by atoms with Gasteiger partial charge in [0.1, 0.15) is 6.04 Å². The first kappa shape index (κ1) is 12.5. The molecule has 0 aromatic carbocycles. The maximum atomic E-state index is 11.5. The molecule has 0 bridgehead atoms. The van der Waals surface area contributed by atoms with Crippen LogP contribution < -0.4 is 16.0 Å². The van der Waals surface area contributed by atoms with Crippen molar-refractivity contribution in [3.63, 3.8) is 0 Å². The summed E-state index contributed by atoms with van der Waals surface area (Å²) in [6.07, 6.45) is 0.671. The molecular weight excluding hydrogens is 260 g/mol. The molecule has 0 spiro atoms. The Morgan fingerprint density at radius 1 is 1.28 bits per heavy atom. The Balaban J connectivity index is 2.11. The first-order chi connectivity index (χ1) is 8.58. The van der Waals surface area contributed by atoms with Crippen LogP contribution >= 0.6 is 11.6 Å². The number of halogens is 1. The lowest BCUT2D eigenvalue weighted by Gasteiger charge is -2.21. The molecule has 2 amide bonds. The number of piperidine rings is 1. The van der Waals surface area contributed by atoms with Crippen LogP contribution in [0.15, 0.2) is 0 Å². The summed E-state index contributed by atoms with van der Waals surface area (Å²) < 4.78 is 0. The van der Waals surface area contributed by atoms with Crippen molar-refractivity contribution in [2.45, 2.75) is 18.9 Å². The van der Waals surface area contributed by atoms with Crippen LogP contribution in [-0.2, 0) is 9.59 Å². The van der Waals surface area contributed by atoms with Crippen LogP contribution in [0.1, 0.15) is 12.8 Å². The quantitative estimate of drug-likeness (QED) is 0.652. The summed E-state index contributed by atoms with van der Waals surface area (Å²) in [6.45, 7) is 0. The molecule has 3 N–H and O–H groups in total. The summed E-state index contributed by atoms with van der Waals surface area (Å²) in [5.74, 6) is -0.185. The van der Waals surface area contributed by atoms with Gasteiger partial charge in [0.15, 0.2) is 0 Å². The van der Waals surface area contributed by atoms with Crippen LogP contribution in [0.2, 0.25) is 5.28 Å². The summed E-state index contributed by atoms with van der Waals surface area (Å²) >= 11 is 5.71. The maximum Gasteiger partial charge on any atom is 0.249 e. The molecule has 1 aromatic heterocycles. The van der Waals surface area contributed by atoms with Gasteiger partial charge in [-0.2, -0.15) is 15.0 Å². The third-order valence-corrected chi connectivity index (χ3v) is 2.54. The topological polar surface area (TPSA) is 109 Å². The Kier molecular flexibility index (Phi) is 3.56. The number of amides is 2. The van der Waals surface area contributed by atoms with Gasteiger partial charge >= 0.3 is 0 Å². The fourth-order valence-corrected chi connectivity index (χ4v) is 1.67. The molecule has 0 saturated carbocycles. The average Bonchev–Trinajstić information content (AvgIpc) is 2.32. The highest BCUT2D eigenvalue weighted by atomic mass is 35.5. The van der Waals surface area contributed by atoms with Gasteiger partial charge in [-0.25, -0.2) is 0 Å². The number of rotatable bonds is 3. The summed E-state index contributed by atoms with van der Waals surface area (Å²) in [7, 11) is 1.64.